The summed E-state index contributed by atoms with van der Waals surface area (Å²) in [4.78, 5) is 0. The van der Waals surface area contributed by atoms with Crippen molar-refractivity contribution in [2.24, 2.45) is 10.8 Å². The Labute approximate surface area is 198 Å². The molecule has 0 saturated heterocycles. The Morgan fingerprint density at radius 3 is 1.43 bits per heavy atom. The number of allylic oxidation sites excluding steroid dienone is 16. The summed E-state index contributed by atoms with van der Waals surface area (Å²) in [6.45, 7) is 9.12. The standard InChI is InChI=1S/2C12H13.CH2.2ClH.Zr/c2*1-12(2)9-4-3-6-10-7-5-8-11(10)12;;;;/h2*3-6,8H,9H2,1-2H3;1H2;2*1H;/q2*-1;;;;+2/p-2. The Kier molecular flexibility index (Phi) is 11.7. The molecule has 0 N–H and O–H groups in total. The molecule has 0 spiro atoms. The van der Waals surface area contributed by atoms with Gasteiger partial charge in [-0.3, -0.25) is 0 Å². The average molecular weight is 491 g/mol. The topological polar surface area (TPSA) is 0 Å². The summed E-state index contributed by atoms with van der Waals surface area (Å²) < 4.78 is 3.34. The summed E-state index contributed by atoms with van der Waals surface area (Å²) in [6.07, 6.45) is 30.1. The Morgan fingerprint density at radius 1 is 0.714 bits per heavy atom. The van der Waals surface area contributed by atoms with E-state index in [1.54, 1.807) is 0 Å². The summed E-state index contributed by atoms with van der Waals surface area (Å²) in [5, 5.41) is 0. The number of hydrogen-bond acceptors (Lipinski definition) is 0. The van der Waals surface area contributed by atoms with Crippen molar-refractivity contribution in [3.05, 3.63) is 95.2 Å². The molecule has 4 aliphatic carbocycles. The fourth-order valence-corrected chi connectivity index (χ4v) is 3.49. The molecule has 0 aromatic carbocycles. The van der Waals surface area contributed by atoms with Crippen molar-refractivity contribution >= 4 is 4.21 Å². The number of halogens is 2. The van der Waals surface area contributed by atoms with Crippen LogP contribution < -0.4 is 24.8 Å². The molecule has 28 heavy (non-hydrogen) atoms. The SMILES string of the molecule is CC1(C)CC=CC=C2[C-]=CC=C21.CC1(C)CC=CC=C2[C-]=CC=C21.[CH2]=[Zr+2].[Cl-].[Cl-]. The van der Waals surface area contributed by atoms with Crippen LogP contribution in [0.5, 0.6) is 0 Å². The Balaban J connectivity index is 0.000000449. The van der Waals surface area contributed by atoms with Gasteiger partial charge in [0.2, 0.25) is 0 Å². The zero-order valence-corrected chi connectivity index (χ0v) is 21.1. The quantitative estimate of drug-likeness (QED) is 0.431. The van der Waals surface area contributed by atoms with E-state index in [1.165, 1.54) is 46.5 Å². The third-order valence-electron chi connectivity index (χ3n) is 5.07. The maximum Gasteiger partial charge on any atom is -1.00 e. The van der Waals surface area contributed by atoms with Crippen molar-refractivity contribution < 1.29 is 49.0 Å². The molecule has 3 heteroatoms. The number of fused-ring (bicyclic) bond motifs is 2. The van der Waals surface area contributed by atoms with Gasteiger partial charge in [-0.25, -0.2) is 0 Å². The molecule has 0 radical (unpaired) electrons. The van der Waals surface area contributed by atoms with Crippen molar-refractivity contribution in [2.45, 2.75) is 40.5 Å². The number of hydrogen-bond donors (Lipinski definition) is 0. The van der Waals surface area contributed by atoms with Gasteiger partial charge >= 0.3 is 28.4 Å². The maximum absolute atomic E-state index is 3.34. The third kappa shape index (κ3) is 6.65. The Morgan fingerprint density at radius 2 is 1.07 bits per heavy atom. The first-order chi connectivity index (χ1) is 12.4. The summed E-state index contributed by atoms with van der Waals surface area (Å²) in [6, 6.07) is 0. The second-order valence-electron chi connectivity index (χ2n) is 7.98. The Hall–Kier alpha value is -0.747. The van der Waals surface area contributed by atoms with E-state index in [-0.39, 0.29) is 35.6 Å². The zero-order chi connectivity index (χ0) is 19.2. The predicted molar refractivity (Wildman–Crippen MR) is 110 cm³/mol. The Bertz CT molecular complexity index is 715. The van der Waals surface area contributed by atoms with Crippen LogP contribution in [0.3, 0.4) is 0 Å². The van der Waals surface area contributed by atoms with Crippen molar-refractivity contribution in [3.63, 3.8) is 0 Å². The van der Waals surface area contributed by atoms with Gasteiger partial charge in [-0.1, -0.05) is 39.8 Å². The van der Waals surface area contributed by atoms with E-state index >= 15 is 0 Å². The van der Waals surface area contributed by atoms with E-state index in [0.29, 0.717) is 0 Å². The molecule has 0 atom stereocenters. The molecule has 0 aromatic rings. The van der Waals surface area contributed by atoms with Crippen molar-refractivity contribution in [1.29, 1.82) is 0 Å². The van der Waals surface area contributed by atoms with Gasteiger partial charge in [0, 0.05) is 0 Å². The van der Waals surface area contributed by atoms with E-state index in [1.807, 2.05) is 12.2 Å². The largest absolute Gasteiger partial charge is 1.00 e. The molecule has 4 rings (SSSR count). The van der Waals surface area contributed by atoms with Crippen LogP contribution in [0.25, 0.3) is 0 Å². The van der Waals surface area contributed by atoms with Crippen molar-refractivity contribution in [1.82, 2.24) is 0 Å². The van der Waals surface area contributed by atoms with Crippen LogP contribution in [0.4, 0.5) is 0 Å². The predicted octanol–water partition coefficient (Wildman–Crippen LogP) is 0.370. The van der Waals surface area contributed by atoms with Crippen LogP contribution in [0, 0.1) is 23.0 Å². The summed E-state index contributed by atoms with van der Waals surface area (Å²) in [5.41, 5.74) is 5.92. The van der Waals surface area contributed by atoms with Crippen LogP contribution in [0.2, 0.25) is 0 Å². The van der Waals surface area contributed by atoms with E-state index in [9.17, 15) is 0 Å². The van der Waals surface area contributed by atoms with E-state index in [0.717, 1.165) is 12.8 Å². The molecule has 4 aliphatic rings. The monoisotopic (exact) mass is 488 g/mol. The minimum absolute atomic E-state index is 0. The van der Waals surface area contributed by atoms with Gasteiger partial charge in [0.15, 0.2) is 0 Å². The van der Waals surface area contributed by atoms with Crippen LogP contribution in [-0.4, -0.2) is 4.21 Å². The molecule has 0 aromatic heterocycles. The van der Waals surface area contributed by atoms with E-state index < -0.39 is 0 Å². The third-order valence-corrected chi connectivity index (χ3v) is 5.07. The summed E-state index contributed by atoms with van der Waals surface area (Å²) >= 11 is 1.30. The number of rotatable bonds is 0. The van der Waals surface area contributed by atoms with Gasteiger partial charge < -0.3 is 24.8 Å². The van der Waals surface area contributed by atoms with Gasteiger partial charge in [-0.2, -0.15) is 46.6 Å². The first-order valence-electron chi connectivity index (χ1n) is 9.11. The molecule has 0 aliphatic heterocycles. The van der Waals surface area contributed by atoms with Crippen LogP contribution >= 0.6 is 0 Å². The normalized spacial score (nSPS) is 21.2. The van der Waals surface area contributed by atoms with Gasteiger partial charge in [-0.05, 0) is 23.7 Å². The van der Waals surface area contributed by atoms with Crippen LogP contribution in [0.1, 0.15) is 40.5 Å². The van der Waals surface area contributed by atoms with Gasteiger partial charge in [0.1, 0.15) is 0 Å². The second-order valence-corrected chi connectivity index (χ2v) is 7.98. The molecular weight excluding hydrogens is 462 g/mol. The molecule has 0 heterocycles. The summed E-state index contributed by atoms with van der Waals surface area (Å²) in [5.74, 6) is 0. The minimum atomic E-state index is 0. The zero-order valence-electron chi connectivity index (χ0n) is 17.2. The molecule has 0 amide bonds. The molecule has 0 saturated carbocycles. The second kappa shape index (κ2) is 12.1. The molecule has 148 valence electrons. The van der Waals surface area contributed by atoms with Crippen LogP contribution in [-0.2, 0) is 24.2 Å². The summed E-state index contributed by atoms with van der Waals surface area (Å²) in [7, 11) is 0. The molecule has 0 fully saturated rings. The minimum Gasteiger partial charge on any atom is -1.00 e. The smallest absolute Gasteiger partial charge is 1.00 e. The average Bonchev–Trinajstić information content (AvgIpc) is 3.23. The van der Waals surface area contributed by atoms with Gasteiger partial charge in [0.05, 0.1) is 0 Å². The van der Waals surface area contributed by atoms with Crippen molar-refractivity contribution in [2.75, 3.05) is 0 Å². The van der Waals surface area contributed by atoms with E-state index in [2.05, 4.69) is 92.7 Å². The van der Waals surface area contributed by atoms with Gasteiger partial charge in [0.25, 0.3) is 0 Å². The maximum atomic E-state index is 3.34. The molecule has 0 nitrogen and oxygen atoms in total. The first-order valence-corrected chi connectivity index (χ1v) is 10.8. The van der Waals surface area contributed by atoms with Crippen molar-refractivity contribution in [3.8, 4) is 0 Å². The molecule has 0 unspecified atom stereocenters. The van der Waals surface area contributed by atoms with E-state index in [4.69, 9.17) is 0 Å². The first kappa shape index (κ1) is 27.3. The molecule has 0 bridgehead atoms. The fourth-order valence-electron chi connectivity index (χ4n) is 3.49. The fraction of sp³-hybridized carbons (Fsp3) is 0.320. The molecular formula is C25H28Cl2Zr-2. The van der Waals surface area contributed by atoms with Gasteiger partial charge in [-0.15, -0.1) is 36.5 Å². The van der Waals surface area contributed by atoms with Crippen LogP contribution in [0.15, 0.2) is 83.1 Å².